The molecule has 0 aliphatic heterocycles. The minimum absolute atomic E-state index is 0.405. The first-order chi connectivity index (χ1) is 9.99. The number of hydrogen-bond donors (Lipinski definition) is 0. The van der Waals surface area contributed by atoms with E-state index in [-0.39, 0.29) is 0 Å². The molecule has 4 heteroatoms. The molecule has 0 saturated heterocycles. The van der Waals surface area contributed by atoms with Crippen LogP contribution in [0.25, 0.3) is 6.08 Å². The van der Waals surface area contributed by atoms with Gasteiger partial charge in [0.2, 0.25) is 11.6 Å². The molecule has 2 rings (SSSR count). The van der Waals surface area contributed by atoms with Gasteiger partial charge in [-0.2, -0.15) is 0 Å². The Hall–Kier alpha value is -2.07. The molecule has 0 saturated carbocycles. The molecule has 106 valence electrons. The lowest BCUT2D eigenvalue weighted by Gasteiger charge is -2.05. The molecule has 0 N–H and O–H groups in total. The van der Waals surface area contributed by atoms with E-state index in [4.69, 9.17) is 0 Å². The molecule has 0 bridgehead atoms. The van der Waals surface area contributed by atoms with Gasteiger partial charge in [0.25, 0.3) is 0 Å². The summed E-state index contributed by atoms with van der Waals surface area (Å²) >= 11 is 3.20. The Morgan fingerprint density at radius 2 is 1.90 bits per heavy atom. The van der Waals surface area contributed by atoms with Crippen LogP contribution in [0.5, 0.6) is 0 Å². The van der Waals surface area contributed by atoms with Crippen LogP contribution in [0.2, 0.25) is 0 Å². The fraction of sp³-hybridized carbons (Fsp3) is 0.118. The van der Waals surface area contributed by atoms with Crippen molar-refractivity contribution in [1.29, 1.82) is 0 Å². The molecule has 0 radical (unpaired) electrons. The van der Waals surface area contributed by atoms with Crippen LogP contribution in [0.3, 0.4) is 0 Å². The molecule has 0 aromatic heterocycles. The maximum Gasteiger partial charge on any atom is 0.222 e. The second-order valence-electron chi connectivity index (χ2n) is 4.68. The monoisotopic (exact) mass is 344 g/mol. The Morgan fingerprint density at radius 1 is 1.19 bits per heavy atom. The number of aryl methyl sites for hydroxylation is 1. The van der Waals surface area contributed by atoms with Crippen LogP contribution in [-0.4, -0.2) is 17.3 Å². The maximum atomic E-state index is 12.2. The Kier molecular flexibility index (Phi) is 4.81. The lowest BCUT2D eigenvalue weighted by atomic mass is 9.95. The van der Waals surface area contributed by atoms with Gasteiger partial charge in [-0.25, -0.2) is 0 Å². The molecular formula is C17H13BrO3. The van der Waals surface area contributed by atoms with E-state index in [1.807, 2.05) is 31.2 Å². The van der Waals surface area contributed by atoms with Gasteiger partial charge in [0.05, 0.1) is 0 Å². The zero-order valence-electron chi connectivity index (χ0n) is 11.4. The van der Waals surface area contributed by atoms with Crippen LogP contribution in [-0.2, 0) is 14.4 Å². The fourth-order valence-corrected chi connectivity index (χ4v) is 2.34. The molecule has 0 spiro atoms. The van der Waals surface area contributed by atoms with Crippen molar-refractivity contribution >= 4 is 39.4 Å². The summed E-state index contributed by atoms with van der Waals surface area (Å²) < 4.78 is 0.546. The molecule has 0 fully saturated rings. The van der Waals surface area contributed by atoms with E-state index in [0.29, 0.717) is 4.48 Å². The fourth-order valence-electron chi connectivity index (χ4n) is 1.94. The van der Waals surface area contributed by atoms with Gasteiger partial charge in [0.1, 0.15) is 5.92 Å². The summed E-state index contributed by atoms with van der Waals surface area (Å²) in [5.74, 6) is -2.84. The number of allylic oxidation sites excluding steroid dienone is 5. The van der Waals surface area contributed by atoms with Gasteiger partial charge >= 0.3 is 0 Å². The van der Waals surface area contributed by atoms with E-state index in [1.54, 1.807) is 6.08 Å². The lowest BCUT2D eigenvalue weighted by Crippen LogP contribution is -2.26. The Morgan fingerprint density at radius 3 is 2.62 bits per heavy atom. The number of carbonyl (C=O) groups excluding carboxylic acids is 3. The zero-order chi connectivity index (χ0) is 15.4. The number of hydrogen-bond acceptors (Lipinski definition) is 3. The van der Waals surface area contributed by atoms with Crippen molar-refractivity contribution in [2.75, 3.05) is 0 Å². The van der Waals surface area contributed by atoms with Crippen molar-refractivity contribution in [2.45, 2.75) is 6.92 Å². The molecule has 0 amide bonds. The van der Waals surface area contributed by atoms with E-state index >= 15 is 0 Å². The summed E-state index contributed by atoms with van der Waals surface area (Å²) in [4.78, 5) is 35.6. The largest absolute Gasteiger partial charge is 0.294 e. The predicted molar refractivity (Wildman–Crippen MR) is 84.9 cm³/mol. The first-order valence-corrected chi connectivity index (χ1v) is 7.19. The Labute approximate surface area is 131 Å². The first-order valence-electron chi connectivity index (χ1n) is 6.40. The third kappa shape index (κ3) is 3.73. The van der Waals surface area contributed by atoms with Crippen LogP contribution in [0.15, 0.2) is 53.1 Å². The SMILES string of the molecule is Cc1ccccc1/C=C/C(=O)C1C=C(Br)C=CC(=O)C1=O. The van der Waals surface area contributed by atoms with Gasteiger partial charge in [0, 0.05) is 4.48 Å². The predicted octanol–water partition coefficient (Wildman–Crippen LogP) is 3.18. The van der Waals surface area contributed by atoms with Crippen LogP contribution in [0.1, 0.15) is 11.1 Å². The average Bonchev–Trinajstić information content (AvgIpc) is 2.60. The number of carbonyl (C=O) groups is 3. The zero-order valence-corrected chi connectivity index (χ0v) is 13.0. The second-order valence-corrected chi connectivity index (χ2v) is 5.60. The molecule has 1 atom stereocenters. The van der Waals surface area contributed by atoms with Crippen LogP contribution in [0.4, 0.5) is 0 Å². The van der Waals surface area contributed by atoms with Crippen molar-refractivity contribution in [3.05, 3.63) is 64.2 Å². The van der Waals surface area contributed by atoms with E-state index < -0.39 is 23.3 Å². The van der Waals surface area contributed by atoms with Crippen molar-refractivity contribution in [3.63, 3.8) is 0 Å². The van der Waals surface area contributed by atoms with Crippen LogP contribution in [0, 0.1) is 12.8 Å². The number of halogens is 1. The molecule has 21 heavy (non-hydrogen) atoms. The molecule has 3 nitrogen and oxygen atoms in total. The molecule has 1 unspecified atom stereocenters. The van der Waals surface area contributed by atoms with Gasteiger partial charge in [-0.15, -0.1) is 0 Å². The number of Topliss-reactive ketones (excluding diaryl/α,β-unsaturated/α-hetero) is 1. The summed E-state index contributed by atoms with van der Waals surface area (Å²) in [6.45, 7) is 1.94. The quantitative estimate of drug-likeness (QED) is 0.480. The van der Waals surface area contributed by atoms with Crippen molar-refractivity contribution in [2.24, 2.45) is 5.92 Å². The van der Waals surface area contributed by atoms with Crippen molar-refractivity contribution in [1.82, 2.24) is 0 Å². The summed E-state index contributed by atoms with van der Waals surface area (Å²) in [6.07, 6.45) is 7.10. The lowest BCUT2D eigenvalue weighted by molar-refractivity contribution is -0.138. The summed E-state index contributed by atoms with van der Waals surface area (Å²) in [6, 6.07) is 7.60. The maximum absolute atomic E-state index is 12.2. The topological polar surface area (TPSA) is 51.2 Å². The second kappa shape index (κ2) is 6.59. The van der Waals surface area contributed by atoms with Gasteiger partial charge in [0.15, 0.2) is 5.78 Å². The Bertz CT molecular complexity index is 696. The highest BCUT2D eigenvalue weighted by molar-refractivity contribution is 9.11. The molecule has 0 heterocycles. The van der Waals surface area contributed by atoms with Crippen molar-refractivity contribution in [3.8, 4) is 0 Å². The molecular weight excluding hydrogens is 332 g/mol. The molecule has 1 aromatic rings. The number of rotatable bonds is 3. The van der Waals surface area contributed by atoms with E-state index in [1.165, 1.54) is 24.3 Å². The first kappa shape index (κ1) is 15.3. The van der Waals surface area contributed by atoms with Crippen LogP contribution < -0.4 is 0 Å². The molecule has 1 aliphatic carbocycles. The highest BCUT2D eigenvalue weighted by Crippen LogP contribution is 2.19. The molecule has 1 aromatic carbocycles. The highest BCUT2D eigenvalue weighted by atomic mass is 79.9. The molecule has 1 aliphatic rings. The van der Waals surface area contributed by atoms with E-state index in [9.17, 15) is 14.4 Å². The third-order valence-corrected chi connectivity index (χ3v) is 3.70. The Balaban J connectivity index is 2.24. The number of benzene rings is 1. The van der Waals surface area contributed by atoms with Gasteiger partial charge in [-0.1, -0.05) is 52.3 Å². The normalized spacial score (nSPS) is 18.8. The average molecular weight is 345 g/mol. The third-order valence-electron chi connectivity index (χ3n) is 3.17. The van der Waals surface area contributed by atoms with E-state index in [0.717, 1.165) is 11.1 Å². The standard InChI is InChI=1S/C17H13BrO3/c1-11-4-2-3-5-12(11)6-8-15(19)14-10-13(18)7-9-16(20)17(14)21/h2-10,14H,1H3/b8-6+. The van der Waals surface area contributed by atoms with Gasteiger partial charge in [-0.3, -0.25) is 14.4 Å². The van der Waals surface area contributed by atoms with Gasteiger partial charge < -0.3 is 0 Å². The number of ketones is 3. The van der Waals surface area contributed by atoms with Crippen molar-refractivity contribution < 1.29 is 14.4 Å². The minimum atomic E-state index is -1.07. The minimum Gasteiger partial charge on any atom is -0.294 e. The summed E-state index contributed by atoms with van der Waals surface area (Å²) in [7, 11) is 0. The highest BCUT2D eigenvalue weighted by Gasteiger charge is 2.28. The van der Waals surface area contributed by atoms with E-state index in [2.05, 4.69) is 15.9 Å². The van der Waals surface area contributed by atoms with Gasteiger partial charge in [-0.05, 0) is 36.3 Å². The summed E-state index contributed by atoms with van der Waals surface area (Å²) in [5, 5.41) is 0. The summed E-state index contributed by atoms with van der Waals surface area (Å²) in [5.41, 5.74) is 1.93. The van der Waals surface area contributed by atoms with Crippen LogP contribution >= 0.6 is 15.9 Å². The smallest absolute Gasteiger partial charge is 0.222 e.